The highest BCUT2D eigenvalue weighted by Gasteiger charge is 2.26. The zero-order valence-electron chi connectivity index (χ0n) is 17.2. The second-order valence-corrected chi connectivity index (χ2v) is 8.90. The van der Waals surface area contributed by atoms with Crippen LogP contribution < -0.4 is 21.7 Å². The molecule has 11 heteroatoms. The molecule has 3 heterocycles. The summed E-state index contributed by atoms with van der Waals surface area (Å²) >= 11 is 0.775. The molecule has 1 saturated heterocycles. The van der Waals surface area contributed by atoms with Crippen LogP contribution in [0.5, 0.6) is 5.75 Å². The SMILES string of the molecule is CC1CC(N)CN(c2ccncc2NC(=O)c2nc(-c3c(F)cc(O)cc3F)sc2N)C1. The highest BCUT2D eigenvalue weighted by molar-refractivity contribution is 7.19. The van der Waals surface area contributed by atoms with Crippen LogP contribution in [-0.4, -0.2) is 40.1 Å². The molecule has 1 aromatic carbocycles. The van der Waals surface area contributed by atoms with Crippen LogP contribution in [0.3, 0.4) is 0 Å². The van der Waals surface area contributed by atoms with Gasteiger partial charge in [-0.05, 0) is 18.4 Å². The highest BCUT2D eigenvalue weighted by atomic mass is 32.1. The fourth-order valence-corrected chi connectivity index (χ4v) is 4.78. The van der Waals surface area contributed by atoms with E-state index in [-0.39, 0.29) is 21.7 Å². The minimum atomic E-state index is -1.01. The van der Waals surface area contributed by atoms with E-state index >= 15 is 0 Å². The molecule has 0 aliphatic carbocycles. The lowest BCUT2D eigenvalue weighted by Gasteiger charge is -2.37. The van der Waals surface area contributed by atoms with Gasteiger partial charge in [-0.3, -0.25) is 9.78 Å². The number of rotatable bonds is 4. The van der Waals surface area contributed by atoms with Gasteiger partial charge in [-0.25, -0.2) is 13.8 Å². The summed E-state index contributed by atoms with van der Waals surface area (Å²) in [5.41, 5.74) is 12.7. The molecule has 3 aromatic rings. The van der Waals surface area contributed by atoms with E-state index in [4.69, 9.17) is 11.5 Å². The molecule has 4 rings (SSSR count). The molecule has 0 bridgehead atoms. The average Bonchev–Trinajstić information content (AvgIpc) is 3.08. The van der Waals surface area contributed by atoms with Gasteiger partial charge in [0.15, 0.2) is 5.69 Å². The molecule has 168 valence electrons. The quantitative estimate of drug-likeness (QED) is 0.470. The van der Waals surface area contributed by atoms with Gasteiger partial charge in [0, 0.05) is 37.5 Å². The van der Waals surface area contributed by atoms with Crippen molar-refractivity contribution < 1.29 is 18.7 Å². The van der Waals surface area contributed by atoms with E-state index in [9.17, 15) is 18.7 Å². The van der Waals surface area contributed by atoms with E-state index < -0.39 is 28.9 Å². The normalized spacial score (nSPS) is 18.6. The van der Waals surface area contributed by atoms with E-state index in [1.54, 1.807) is 12.3 Å². The van der Waals surface area contributed by atoms with Crippen LogP contribution in [0.2, 0.25) is 0 Å². The summed E-state index contributed by atoms with van der Waals surface area (Å²) in [6.07, 6.45) is 4.06. The predicted octanol–water partition coefficient (Wildman–Crippen LogP) is 3.20. The van der Waals surface area contributed by atoms with Gasteiger partial charge in [-0.2, -0.15) is 0 Å². The Hall–Kier alpha value is -3.31. The number of halogens is 2. The number of thiazole rings is 1. The van der Waals surface area contributed by atoms with Gasteiger partial charge in [0.25, 0.3) is 5.91 Å². The predicted molar refractivity (Wildman–Crippen MR) is 120 cm³/mol. The Labute approximate surface area is 186 Å². The number of nitrogens with zero attached hydrogens (tertiary/aromatic N) is 3. The third-order valence-corrected chi connectivity index (χ3v) is 6.09. The Morgan fingerprint density at radius 3 is 2.72 bits per heavy atom. The number of aromatic nitrogens is 2. The highest BCUT2D eigenvalue weighted by Crippen LogP contribution is 2.36. The minimum Gasteiger partial charge on any atom is -0.508 e. The number of nitrogens with one attached hydrogen (secondary N) is 1. The lowest BCUT2D eigenvalue weighted by atomic mass is 9.96. The Kier molecular flexibility index (Phi) is 5.94. The van der Waals surface area contributed by atoms with Crippen LogP contribution in [0.1, 0.15) is 23.8 Å². The first-order valence-corrected chi connectivity index (χ1v) is 10.7. The number of benzene rings is 1. The Morgan fingerprint density at radius 2 is 2.03 bits per heavy atom. The van der Waals surface area contributed by atoms with Crippen molar-refractivity contribution in [3.8, 4) is 16.3 Å². The minimum absolute atomic E-state index is 0.00318. The molecule has 1 aliphatic rings. The lowest BCUT2D eigenvalue weighted by molar-refractivity contribution is 0.102. The van der Waals surface area contributed by atoms with Crippen LogP contribution >= 0.6 is 11.3 Å². The topological polar surface area (TPSA) is 130 Å². The van der Waals surface area contributed by atoms with E-state index in [0.29, 0.717) is 18.2 Å². The van der Waals surface area contributed by atoms with Gasteiger partial charge in [0.2, 0.25) is 0 Å². The standard InChI is InChI=1S/C21H22F2N6O2S/c1-10-4-11(24)9-29(8-10)16-2-3-26-7-15(16)27-20(31)18-19(25)32-21(28-18)17-13(22)5-12(30)6-14(17)23/h2-3,5-7,10-11,30H,4,8-9,24-25H2,1H3,(H,27,31). The number of anilines is 3. The first kappa shape index (κ1) is 21.9. The van der Waals surface area contributed by atoms with Crippen molar-refractivity contribution in [1.29, 1.82) is 0 Å². The molecule has 0 radical (unpaired) electrons. The molecule has 2 atom stereocenters. The van der Waals surface area contributed by atoms with Crippen LogP contribution in [0, 0.1) is 17.6 Å². The van der Waals surface area contributed by atoms with E-state index in [0.717, 1.165) is 42.1 Å². The van der Waals surface area contributed by atoms with Crippen molar-refractivity contribution in [2.75, 3.05) is 29.0 Å². The Balaban J connectivity index is 1.61. The number of nitrogens with two attached hydrogens (primary N) is 2. The number of carbonyl (C=O) groups excluding carboxylic acids is 1. The average molecular weight is 461 g/mol. The second kappa shape index (κ2) is 8.67. The Morgan fingerprint density at radius 1 is 1.31 bits per heavy atom. The van der Waals surface area contributed by atoms with Crippen LogP contribution in [-0.2, 0) is 0 Å². The van der Waals surface area contributed by atoms with Crippen LogP contribution in [0.25, 0.3) is 10.6 Å². The monoisotopic (exact) mass is 460 g/mol. The molecule has 0 spiro atoms. The summed E-state index contributed by atoms with van der Waals surface area (Å²) < 4.78 is 28.4. The maximum absolute atomic E-state index is 14.2. The molecule has 0 saturated carbocycles. The van der Waals surface area contributed by atoms with E-state index in [1.165, 1.54) is 6.20 Å². The molecular weight excluding hydrogens is 438 g/mol. The molecule has 32 heavy (non-hydrogen) atoms. The fraction of sp³-hybridized carbons (Fsp3) is 0.286. The summed E-state index contributed by atoms with van der Waals surface area (Å²) in [5.74, 6) is -2.81. The number of phenols is 1. The number of phenolic OH excluding ortho intramolecular Hbond substituents is 1. The van der Waals surface area contributed by atoms with Crippen molar-refractivity contribution in [1.82, 2.24) is 9.97 Å². The summed E-state index contributed by atoms with van der Waals surface area (Å²) in [6.45, 7) is 3.53. The number of hydrogen-bond acceptors (Lipinski definition) is 8. The first-order valence-electron chi connectivity index (χ1n) is 9.93. The summed E-state index contributed by atoms with van der Waals surface area (Å²) in [4.78, 5) is 23.2. The number of amides is 1. The molecule has 1 fully saturated rings. The summed E-state index contributed by atoms with van der Waals surface area (Å²) in [7, 11) is 0. The van der Waals surface area contributed by atoms with Gasteiger partial charge in [0.05, 0.1) is 23.1 Å². The molecule has 2 aromatic heterocycles. The number of nitrogen functional groups attached to an aromatic ring is 1. The number of pyridine rings is 1. The summed E-state index contributed by atoms with van der Waals surface area (Å²) in [5, 5.41) is 12.0. The van der Waals surface area contributed by atoms with E-state index in [1.807, 2.05) is 0 Å². The molecule has 2 unspecified atom stereocenters. The fourth-order valence-electron chi connectivity index (χ4n) is 3.90. The van der Waals surface area contributed by atoms with Gasteiger partial charge in [-0.15, -0.1) is 0 Å². The Bertz CT molecular complexity index is 1140. The van der Waals surface area contributed by atoms with Crippen molar-refractivity contribution in [3.63, 3.8) is 0 Å². The van der Waals surface area contributed by atoms with Gasteiger partial charge in [-0.1, -0.05) is 18.3 Å². The van der Waals surface area contributed by atoms with Gasteiger partial charge < -0.3 is 26.8 Å². The zero-order valence-corrected chi connectivity index (χ0v) is 18.0. The second-order valence-electron chi connectivity index (χ2n) is 7.87. The van der Waals surface area contributed by atoms with Crippen LogP contribution in [0.4, 0.5) is 25.2 Å². The van der Waals surface area contributed by atoms with Crippen molar-refractivity contribution in [2.24, 2.45) is 11.7 Å². The number of carbonyl (C=O) groups is 1. The largest absolute Gasteiger partial charge is 0.508 e. The number of piperidine rings is 1. The van der Waals surface area contributed by atoms with Gasteiger partial charge in [0.1, 0.15) is 27.4 Å². The third-order valence-electron chi connectivity index (χ3n) is 5.19. The smallest absolute Gasteiger partial charge is 0.277 e. The summed E-state index contributed by atoms with van der Waals surface area (Å²) in [6, 6.07) is 3.34. The molecular formula is C21H22F2N6O2S. The number of aromatic hydroxyl groups is 1. The molecule has 1 amide bonds. The first-order chi connectivity index (χ1) is 15.2. The van der Waals surface area contributed by atoms with Crippen molar-refractivity contribution in [3.05, 3.63) is 47.9 Å². The maximum atomic E-state index is 14.2. The van der Waals surface area contributed by atoms with Gasteiger partial charge >= 0.3 is 0 Å². The number of hydrogen-bond donors (Lipinski definition) is 4. The zero-order chi connectivity index (χ0) is 23.0. The van der Waals surface area contributed by atoms with Crippen LogP contribution in [0.15, 0.2) is 30.6 Å². The van der Waals surface area contributed by atoms with Crippen molar-refractivity contribution in [2.45, 2.75) is 19.4 Å². The third kappa shape index (κ3) is 4.34. The van der Waals surface area contributed by atoms with Crippen molar-refractivity contribution >= 4 is 33.6 Å². The van der Waals surface area contributed by atoms with E-state index in [2.05, 4.69) is 27.1 Å². The molecule has 1 aliphatic heterocycles. The molecule has 8 nitrogen and oxygen atoms in total. The maximum Gasteiger partial charge on any atom is 0.277 e. The molecule has 6 N–H and O–H groups in total. The lowest BCUT2D eigenvalue weighted by Crippen LogP contribution is -2.46.